The first-order valence-corrected chi connectivity index (χ1v) is 19.3. The molecule has 1 atom stereocenters. The predicted molar refractivity (Wildman–Crippen MR) is 203 cm³/mol. The van der Waals surface area contributed by atoms with E-state index < -0.39 is 28.5 Å². The molecule has 6 rings (SSSR count). The van der Waals surface area contributed by atoms with Crippen LogP contribution in [0.2, 0.25) is 0 Å². The van der Waals surface area contributed by atoms with Gasteiger partial charge in [-0.3, -0.25) is 13.9 Å². The molecule has 0 spiro atoms. The molecular formula is C41H40BrN3O5S. The minimum Gasteiger partial charge on any atom is -0.457 e. The molecule has 5 aromatic carbocycles. The number of sulfonamides is 1. The number of benzene rings is 5. The first kappa shape index (κ1) is 35.9. The number of para-hydroxylation sites is 1. The zero-order valence-electron chi connectivity index (χ0n) is 28.1. The monoisotopic (exact) mass is 765 g/mol. The standard InChI is InChI=1S/C41H40BrN3O5S/c42-33-22-20-32(21-23-33)29-44(39(28-31-12-4-1-5-13-31)41(47)43-34-14-10-11-15-34)40(46)30-45(51(48,49)38-18-8-3-9-19-38)35-24-26-37(27-25-35)50-36-16-6-2-7-17-36/h1-9,12-13,16-27,34,39H,10-11,14-15,28-30H2,(H,43,47)/t39-/m0/s1. The van der Waals surface area contributed by atoms with Gasteiger partial charge in [-0.1, -0.05) is 108 Å². The molecule has 0 aromatic heterocycles. The van der Waals surface area contributed by atoms with Gasteiger partial charge in [-0.25, -0.2) is 8.42 Å². The van der Waals surface area contributed by atoms with Crippen molar-refractivity contribution in [2.75, 3.05) is 10.8 Å². The van der Waals surface area contributed by atoms with Crippen molar-refractivity contribution < 1.29 is 22.7 Å². The topological polar surface area (TPSA) is 96.0 Å². The molecular weight excluding hydrogens is 726 g/mol. The zero-order valence-corrected chi connectivity index (χ0v) is 30.5. The maximum Gasteiger partial charge on any atom is 0.264 e. The molecule has 0 radical (unpaired) electrons. The van der Waals surface area contributed by atoms with E-state index in [-0.39, 0.29) is 35.5 Å². The molecule has 0 heterocycles. The highest BCUT2D eigenvalue weighted by Gasteiger charge is 2.35. The molecule has 1 aliphatic rings. The molecule has 51 heavy (non-hydrogen) atoms. The number of hydrogen-bond donors (Lipinski definition) is 1. The van der Waals surface area contributed by atoms with Gasteiger partial charge in [0.05, 0.1) is 10.6 Å². The van der Waals surface area contributed by atoms with Crippen LogP contribution in [0.5, 0.6) is 11.5 Å². The lowest BCUT2D eigenvalue weighted by atomic mass is 10.0. The summed E-state index contributed by atoms with van der Waals surface area (Å²) in [5, 5.41) is 3.21. The Hall–Kier alpha value is -4.93. The fourth-order valence-electron chi connectivity index (χ4n) is 6.26. The Labute approximate surface area is 308 Å². The van der Waals surface area contributed by atoms with Gasteiger partial charge in [0.15, 0.2) is 0 Å². The maximum absolute atomic E-state index is 14.8. The van der Waals surface area contributed by atoms with Crippen LogP contribution in [0.1, 0.15) is 36.8 Å². The lowest BCUT2D eigenvalue weighted by Gasteiger charge is -2.34. The van der Waals surface area contributed by atoms with Crippen molar-refractivity contribution in [2.45, 2.75) is 55.6 Å². The molecule has 10 heteroatoms. The molecule has 1 saturated carbocycles. The summed E-state index contributed by atoms with van der Waals surface area (Å²) in [6.45, 7) is -0.431. The van der Waals surface area contributed by atoms with E-state index in [1.807, 2.05) is 84.9 Å². The molecule has 0 aliphatic heterocycles. The number of carbonyl (C=O) groups is 2. The highest BCUT2D eigenvalue weighted by Crippen LogP contribution is 2.29. The SMILES string of the molecule is O=C(NC1CCCC1)[C@H](Cc1ccccc1)N(Cc1ccc(Br)cc1)C(=O)CN(c1ccc(Oc2ccccc2)cc1)S(=O)(=O)c1ccccc1. The van der Waals surface area contributed by atoms with Gasteiger partial charge < -0.3 is 15.0 Å². The van der Waals surface area contributed by atoms with Gasteiger partial charge in [-0.15, -0.1) is 0 Å². The summed E-state index contributed by atoms with van der Waals surface area (Å²) in [7, 11) is -4.22. The normalized spacial score (nSPS) is 13.7. The fourth-order valence-corrected chi connectivity index (χ4v) is 7.96. The molecule has 262 valence electrons. The number of ether oxygens (including phenoxy) is 1. The van der Waals surface area contributed by atoms with Crippen LogP contribution in [0.15, 0.2) is 149 Å². The van der Waals surface area contributed by atoms with E-state index in [1.54, 1.807) is 42.5 Å². The summed E-state index contributed by atoms with van der Waals surface area (Å²) in [5.41, 5.74) is 1.98. The van der Waals surface area contributed by atoms with Crippen LogP contribution in [-0.4, -0.2) is 43.8 Å². The van der Waals surface area contributed by atoms with Crippen molar-refractivity contribution in [3.8, 4) is 11.5 Å². The third-order valence-electron chi connectivity index (χ3n) is 8.95. The van der Waals surface area contributed by atoms with Gasteiger partial charge in [0.25, 0.3) is 10.0 Å². The highest BCUT2D eigenvalue weighted by atomic mass is 79.9. The Morgan fingerprint density at radius 2 is 1.29 bits per heavy atom. The van der Waals surface area contributed by atoms with Crippen molar-refractivity contribution in [3.05, 3.63) is 155 Å². The van der Waals surface area contributed by atoms with Crippen molar-refractivity contribution in [1.29, 1.82) is 0 Å². The van der Waals surface area contributed by atoms with Gasteiger partial charge in [0, 0.05) is 23.5 Å². The number of nitrogens with zero attached hydrogens (tertiary/aromatic N) is 2. The summed E-state index contributed by atoms with van der Waals surface area (Å²) in [5.74, 6) is 0.385. The van der Waals surface area contributed by atoms with Crippen LogP contribution in [0.25, 0.3) is 0 Å². The second-order valence-corrected chi connectivity index (χ2v) is 15.4. The minimum atomic E-state index is -4.22. The number of halogens is 1. The average molecular weight is 767 g/mol. The first-order valence-electron chi connectivity index (χ1n) is 17.1. The van der Waals surface area contributed by atoms with Gasteiger partial charge in [0.2, 0.25) is 11.8 Å². The zero-order chi connectivity index (χ0) is 35.6. The van der Waals surface area contributed by atoms with Crippen LogP contribution in [0.3, 0.4) is 0 Å². The van der Waals surface area contributed by atoms with Crippen molar-refractivity contribution >= 4 is 43.5 Å². The molecule has 8 nitrogen and oxygen atoms in total. The Kier molecular flexibility index (Phi) is 11.9. The first-order chi connectivity index (χ1) is 24.8. The van der Waals surface area contributed by atoms with Crippen molar-refractivity contribution in [3.63, 3.8) is 0 Å². The number of nitrogens with one attached hydrogen (secondary N) is 1. The van der Waals surface area contributed by atoms with Crippen molar-refractivity contribution in [1.82, 2.24) is 10.2 Å². The summed E-state index contributed by atoms with van der Waals surface area (Å²) in [6, 6.07) is 40.2. The molecule has 1 fully saturated rings. The van der Waals surface area contributed by atoms with Crippen LogP contribution in [-0.2, 0) is 32.6 Å². The molecule has 0 unspecified atom stereocenters. The Morgan fingerprint density at radius 1 is 0.725 bits per heavy atom. The molecule has 2 amide bonds. The van der Waals surface area contributed by atoms with Gasteiger partial charge in [0.1, 0.15) is 24.1 Å². The molecule has 5 aromatic rings. The molecule has 0 bridgehead atoms. The maximum atomic E-state index is 14.8. The number of rotatable bonds is 14. The van der Waals surface area contributed by atoms with E-state index in [1.165, 1.54) is 17.0 Å². The number of carbonyl (C=O) groups excluding carboxylic acids is 2. The average Bonchev–Trinajstić information content (AvgIpc) is 3.67. The van der Waals surface area contributed by atoms with E-state index in [2.05, 4.69) is 21.2 Å². The van der Waals surface area contributed by atoms with Crippen molar-refractivity contribution in [2.24, 2.45) is 0 Å². The fraction of sp³-hybridized carbons (Fsp3) is 0.220. The third-order valence-corrected chi connectivity index (χ3v) is 11.3. The summed E-state index contributed by atoms with van der Waals surface area (Å²) in [4.78, 5) is 30.5. The lowest BCUT2D eigenvalue weighted by Crippen LogP contribution is -2.54. The van der Waals surface area contributed by atoms with E-state index in [0.717, 1.165) is 45.6 Å². The van der Waals surface area contributed by atoms with E-state index in [0.29, 0.717) is 11.5 Å². The Balaban J connectivity index is 1.37. The van der Waals surface area contributed by atoms with E-state index in [9.17, 15) is 18.0 Å². The Bertz CT molecular complexity index is 1990. The van der Waals surface area contributed by atoms with Gasteiger partial charge in [-0.05, 0) is 84.6 Å². The highest BCUT2D eigenvalue weighted by molar-refractivity contribution is 9.10. The van der Waals surface area contributed by atoms with Crippen LogP contribution in [0.4, 0.5) is 5.69 Å². The largest absolute Gasteiger partial charge is 0.457 e. The third kappa shape index (κ3) is 9.45. The predicted octanol–water partition coefficient (Wildman–Crippen LogP) is 8.14. The van der Waals surface area contributed by atoms with Crippen LogP contribution >= 0.6 is 15.9 Å². The molecule has 1 aliphatic carbocycles. The van der Waals surface area contributed by atoms with Crippen LogP contribution < -0.4 is 14.4 Å². The molecule has 1 N–H and O–H groups in total. The van der Waals surface area contributed by atoms with Gasteiger partial charge in [-0.2, -0.15) is 0 Å². The quantitative estimate of drug-likeness (QED) is 0.123. The number of amides is 2. The number of anilines is 1. The molecule has 0 saturated heterocycles. The summed E-state index contributed by atoms with van der Waals surface area (Å²) in [6.07, 6.45) is 4.11. The summed E-state index contributed by atoms with van der Waals surface area (Å²) >= 11 is 3.48. The van der Waals surface area contributed by atoms with E-state index in [4.69, 9.17) is 4.74 Å². The summed E-state index contributed by atoms with van der Waals surface area (Å²) < 4.78 is 36.6. The second kappa shape index (κ2) is 16.9. The smallest absolute Gasteiger partial charge is 0.264 e. The van der Waals surface area contributed by atoms with Gasteiger partial charge >= 0.3 is 0 Å². The van der Waals surface area contributed by atoms with E-state index >= 15 is 0 Å². The van der Waals surface area contributed by atoms with Crippen LogP contribution in [0, 0.1) is 0 Å². The second-order valence-electron chi connectivity index (χ2n) is 12.6. The lowest BCUT2D eigenvalue weighted by molar-refractivity contribution is -0.140. The minimum absolute atomic E-state index is 0.0342. The Morgan fingerprint density at radius 3 is 1.92 bits per heavy atom. The number of hydrogen-bond acceptors (Lipinski definition) is 5.